The lowest BCUT2D eigenvalue weighted by atomic mass is 10.2. The predicted octanol–water partition coefficient (Wildman–Crippen LogP) is 0.614. The molecule has 1 aromatic rings. The second kappa shape index (κ2) is 3.42. The van der Waals surface area contributed by atoms with E-state index in [1.807, 2.05) is 6.07 Å². The molecule has 1 fully saturated rings. The number of carbonyl (C=O) groups excluding carboxylic acids is 2. The average Bonchev–Trinajstić information content (AvgIpc) is 2.59. The van der Waals surface area contributed by atoms with E-state index < -0.39 is 6.03 Å². The van der Waals surface area contributed by atoms with E-state index in [1.54, 1.807) is 24.3 Å². The van der Waals surface area contributed by atoms with Crippen LogP contribution in [-0.4, -0.2) is 18.5 Å². The summed E-state index contributed by atoms with van der Waals surface area (Å²) in [6, 6.07) is 7.95. The molecule has 1 aliphatic heterocycles. The maximum atomic E-state index is 11.4. The van der Waals surface area contributed by atoms with E-state index in [2.05, 4.69) is 5.32 Å². The number of nitrogens with zero attached hydrogens (tertiary/aromatic N) is 2. The number of anilines is 1. The van der Waals surface area contributed by atoms with Crippen LogP contribution >= 0.6 is 0 Å². The molecule has 0 spiro atoms. The van der Waals surface area contributed by atoms with Crippen LogP contribution in [0.25, 0.3) is 0 Å². The van der Waals surface area contributed by atoms with E-state index in [9.17, 15) is 9.59 Å². The van der Waals surface area contributed by atoms with Crippen molar-refractivity contribution in [3.8, 4) is 6.07 Å². The standard InChI is InChI=1S/C10H7N3O2/c11-5-7-3-1-2-4-8(7)13-9(14)6-12-10(13)15/h1-4H,6H2,(H,12,15). The largest absolute Gasteiger partial charge is 0.329 e. The van der Waals surface area contributed by atoms with Crippen LogP contribution in [0.5, 0.6) is 0 Å². The smallest absolute Gasteiger partial charge is 0.328 e. The van der Waals surface area contributed by atoms with Crippen molar-refractivity contribution < 1.29 is 9.59 Å². The highest BCUT2D eigenvalue weighted by Crippen LogP contribution is 2.21. The van der Waals surface area contributed by atoms with Crippen LogP contribution in [0.15, 0.2) is 24.3 Å². The zero-order chi connectivity index (χ0) is 10.8. The van der Waals surface area contributed by atoms with Crippen molar-refractivity contribution in [2.24, 2.45) is 0 Å². The third kappa shape index (κ3) is 1.42. The Morgan fingerprint density at radius 2 is 2.07 bits per heavy atom. The van der Waals surface area contributed by atoms with Crippen LogP contribution < -0.4 is 10.2 Å². The molecular formula is C10H7N3O2. The first-order chi connectivity index (χ1) is 7.24. The van der Waals surface area contributed by atoms with Crippen LogP contribution in [0.3, 0.4) is 0 Å². The summed E-state index contributed by atoms with van der Waals surface area (Å²) >= 11 is 0. The molecule has 1 N–H and O–H groups in total. The Bertz CT molecular complexity index is 460. The lowest BCUT2D eigenvalue weighted by molar-refractivity contribution is -0.115. The van der Waals surface area contributed by atoms with Gasteiger partial charge in [-0.2, -0.15) is 5.26 Å². The number of amides is 3. The normalized spacial score (nSPS) is 15.0. The zero-order valence-corrected chi connectivity index (χ0v) is 7.73. The number of hydrogen-bond donors (Lipinski definition) is 1. The molecule has 0 unspecified atom stereocenters. The van der Waals surface area contributed by atoms with E-state index in [4.69, 9.17) is 5.26 Å². The number of nitrogens with one attached hydrogen (secondary N) is 1. The molecule has 0 aromatic heterocycles. The molecule has 0 atom stereocenters. The first-order valence-corrected chi connectivity index (χ1v) is 4.34. The summed E-state index contributed by atoms with van der Waals surface area (Å²) < 4.78 is 0. The molecular weight excluding hydrogens is 194 g/mol. The summed E-state index contributed by atoms with van der Waals surface area (Å²) in [5.41, 5.74) is 0.642. The minimum atomic E-state index is -0.484. The van der Waals surface area contributed by atoms with Gasteiger partial charge in [-0.25, -0.2) is 9.69 Å². The van der Waals surface area contributed by atoms with Crippen LogP contribution in [0.1, 0.15) is 5.56 Å². The van der Waals surface area contributed by atoms with Gasteiger partial charge in [0.1, 0.15) is 6.07 Å². The highest BCUT2D eigenvalue weighted by atomic mass is 16.2. The minimum Gasteiger partial charge on any atom is -0.328 e. The van der Waals surface area contributed by atoms with Gasteiger partial charge in [-0.1, -0.05) is 12.1 Å². The first-order valence-electron chi connectivity index (χ1n) is 4.34. The van der Waals surface area contributed by atoms with Crippen molar-refractivity contribution in [1.29, 1.82) is 5.26 Å². The summed E-state index contributed by atoms with van der Waals surface area (Å²) in [5.74, 6) is -0.345. The first kappa shape index (κ1) is 9.21. The molecule has 74 valence electrons. The minimum absolute atomic E-state index is 0.0153. The van der Waals surface area contributed by atoms with Crippen molar-refractivity contribution in [3.63, 3.8) is 0 Å². The van der Waals surface area contributed by atoms with Gasteiger partial charge in [0.2, 0.25) is 0 Å². The maximum Gasteiger partial charge on any atom is 0.329 e. The molecule has 0 aliphatic carbocycles. The van der Waals surface area contributed by atoms with Crippen molar-refractivity contribution in [2.75, 3.05) is 11.4 Å². The summed E-state index contributed by atoms with van der Waals surface area (Å²) in [7, 11) is 0. The van der Waals surface area contributed by atoms with Gasteiger partial charge in [-0.15, -0.1) is 0 Å². The lowest BCUT2D eigenvalue weighted by Gasteiger charge is -2.13. The number of imide groups is 1. The summed E-state index contributed by atoms with van der Waals surface area (Å²) in [6.45, 7) is -0.0153. The Morgan fingerprint density at radius 1 is 1.33 bits per heavy atom. The fourth-order valence-corrected chi connectivity index (χ4v) is 1.43. The average molecular weight is 201 g/mol. The quantitative estimate of drug-likeness (QED) is 0.676. The zero-order valence-electron chi connectivity index (χ0n) is 7.73. The molecule has 1 aromatic carbocycles. The van der Waals surface area contributed by atoms with Crippen LogP contribution in [0.2, 0.25) is 0 Å². The van der Waals surface area contributed by atoms with Crippen LogP contribution in [0.4, 0.5) is 10.5 Å². The summed E-state index contributed by atoms with van der Waals surface area (Å²) in [6.07, 6.45) is 0. The Hall–Kier alpha value is -2.35. The van der Waals surface area contributed by atoms with Crippen molar-refractivity contribution in [3.05, 3.63) is 29.8 Å². The molecule has 0 radical (unpaired) electrons. The summed E-state index contributed by atoms with van der Waals surface area (Å²) in [4.78, 5) is 23.7. The van der Waals surface area contributed by atoms with Gasteiger partial charge < -0.3 is 5.32 Å². The SMILES string of the molecule is N#Cc1ccccc1N1C(=O)CNC1=O. The van der Waals surface area contributed by atoms with Gasteiger partial charge in [0, 0.05) is 0 Å². The number of nitriles is 1. The predicted molar refractivity (Wildman–Crippen MR) is 52.0 cm³/mol. The van der Waals surface area contributed by atoms with Crippen molar-refractivity contribution in [2.45, 2.75) is 0 Å². The maximum absolute atomic E-state index is 11.4. The third-order valence-electron chi connectivity index (χ3n) is 2.11. The van der Waals surface area contributed by atoms with E-state index in [-0.39, 0.29) is 12.5 Å². The molecule has 0 bridgehead atoms. The van der Waals surface area contributed by atoms with Gasteiger partial charge in [-0.05, 0) is 12.1 Å². The fourth-order valence-electron chi connectivity index (χ4n) is 1.43. The molecule has 1 aliphatic rings. The molecule has 5 nitrogen and oxygen atoms in total. The number of para-hydroxylation sites is 1. The van der Waals surface area contributed by atoms with Gasteiger partial charge in [0.25, 0.3) is 5.91 Å². The third-order valence-corrected chi connectivity index (χ3v) is 2.11. The molecule has 1 saturated heterocycles. The monoisotopic (exact) mass is 201 g/mol. The number of urea groups is 1. The highest BCUT2D eigenvalue weighted by Gasteiger charge is 2.31. The van der Waals surface area contributed by atoms with Crippen molar-refractivity contribution in [1.82, 2.24) is 5.32 Å². The van der Waals surface area contributed by atoms with Crippen molar-refractivity contribution >= 4 is 17.6 Å². The number of carbonyl (C=O) groups is 2. The number of hydrogen-bond acceptors (Lipinski definition) is 3. The molecule has 2 rings (SSSR count). The van der Waals surface area contributed by atoms with E-state index in [0.717, 1.165) is 4.90 Å². The number of benzene rings is 1. The molecule has 0 saturated carbocycles. The Morgan fingerprint density at radius 3 is 2.67 bits per heavy atom. The van der Waals surface area contributed by atoms with Gasteiger partial charge in [-0.3, -0.25) is 4.79 Å². The van der Waals surface area contributed by atoms with Gasteiger partial charge >= 0.3 is 6.03 Å². The molecule has 15 heavy (non-hydrogen) atoms. The number of rotatable bonds is 1. The molecule has 1 heterocycles. The van der Waals surface area contributed by atoms with Gasteiger partial charge in [0.05, 0.1) is 17.8 Å². The fraction of sp³-hybridized carbons (Fsp3) is 0.100. The van der Waals surface area contributed by atoms with Crippen LogP contribution in [-0.2, 0) is 4.79 Å². The highest BCUT2D eigenvalue weighted by molar-refractivity contribution is 6.20. The Kier molecular flexibility index (Phi) is 2.10. The molecule has 5 heteroatoms. The lowest BCUT2D eigenvalue weighted by Crippen LogP contribution is -2.31. The van der Waals surface area contributed by atoms with E-state index >= 15 is 0 Å². The van der Waals surface area contributed by atoms with E-state index in [0.29, 0.717) is 11.3 Å². The van der Waals surface area contributed by atoms with E-state index in [1.165, 1.54) is 0 Å². The molecule has 3 amide bonds. The van der Waals surface area contributed by atoms with Gasteiger partial charge in [0.15, 0.2) is 0 Å². The second-order valence-corrected chi connectivity index (χ2v) is 3.02. The summed E-state index contributed by atoms with van der Waals surface area (Å²) in [5, 5.41) is 11.2. The Labute approximate surface area is 85.9 Å². The Balaban J connectivity index is 2.50. The van der Waals surface area contributed by atoms with Crippen LogP contribution in [0, 0.1) is 11.3 Å². The topological polar surface area (TPSA) is 73.2 Å². The second-order valence-electron chi connectivity index (χ2n) is 3.02.